The lowest BCUT2D eigenvalue weighted by molar-refractivity contribution is 0.0936. The van der Waals surface area contributed by atoms with Crippen LogP contribution in [0.5, 0.6) is 0 Å². The normalized spacial score (nSPS) is 32.8. The van der Waals surface area contributed by atoms with Gasteiger partial charge in [0.15, 0.2) is 5.17 Å². The lowest BCUT2D eigenvalue weighted by Crippen LogP contribution is -2.53. The van der Waals surface area contributed by atoms with Gasteiger partial charge in [0.2, 0.25) is 0 Å². The summed E-state index contributed by atoms with van der Waals surface area (Å²) in [5, 5.41) is 3.46. The highest BCUT2D eigenvalue weighted by molar-refractivity contribution is 8.13. The van der Waals surface area contributed by atoms with Crippen LogP contribution in [0.1, 0.15) is 43.0 Å². The third-order valence-corrected chi connectivity index (χ3v) is 7.14. The second-order valence-corrected chi connectivity index (χ2v) is 8.73. The van der Waals surface area contributed by atoms with Gasteiger partial charge in [-0.2, -0.15) is 0 Å². The number of nitrogens with two attached hydrogens (primary N) is 1. The van der Waals surface area contributed by atoms with Crippen LogP contribution in [0.3, 0.4) is 0 Å². The number of nitrogens with zero attached hydrogens (tertiary/aromatic N) is 2. The maximum Gasteiger partial charge on any atom is 0.256 e. The van der Waals surface area contributed by atoms with Crippen molar-refractivity contribution in [3.05, 3.63) is 53.8 Å². The number of hydrogen-bond acceptors (Lipinski definition) is 5. The minimum atomic E-state index is -0.813. The molecule has 1 aliphatic heterocycles. The molecule has 0 spiro atoms. The number of amides is 1. The van der Waals surface area contributed by atoms with E-state index in [2.05, 4.69) is 10.3 Å². The fourth-order valence-corrected chi connectivity index (χ4v) is 5.78. The molecule has 1 aromatic rings. The number of pyridine rings is 1. The van der Waals surface area contributed by atoms with Gasteiger partial charge >= 0.3 is 0 Å². The molecule has 27 heavy (non-hydrogen) atoms. The summed E-state index contributed by atoms with van der Waals surface area (Å²) in [6, 6.07) is 3.42. The first-order valence-corrected chi connectivity index (χ1v) is 10.2. The van der Waals surface area contributed by atoms with Gasteiger partial charge in [0.1, 0.15) is 5.83 Å². The average Bonchev–Trinajstić information content (AvgIpc) is 3.10. The zero-order valence-corrected chi connectivity index (χ0v) is 16.1. The fraction of sp³-hybridized carbons (Fsp3) is 0.450. The van der Waals surface area contributed by atoms with Crippen molar-refractivity contribution in [1.82, 2.24) is 10.3 Å². The number of carbonyl (C=O) groups is 1. The molecule has 3 atom stereocenters. The molecule has 142 valence electrons. The van der Waals surface area contributed by atoms with Crippen LogP contribution >= 0.6 is 11.8 Å². The second kappa shape index (κ2) is 6.78. The highest BCUT2D eigenvalue weighted by Gasteiger charge is 2.59. The Hall–Kier alpha value is -2.15. The van der Waals surface area contributed by atoms with Gasteiger partial charge in [0.25, 0.3) is 5.91 Å². The Labute approximate surface area is 162 Å². The molecule has 4 rings (SSSR count). The molecule has 7 heteroatoms. The summed E-state index contributed by atoms with van der Waals surface area (Å²) in [5.41, 5.74) is 5.87. The van der Waals surface area contributed by atoms with Crippen LogP contribution in [0.25, 0.3) is 0 Å². The first-order chi connectivity index (χ1) is 12.9. The number of halogens is 1. The molecule has 0 radical (unpaired) electrons. The molecule has 3 N–H and O–H groups in total. The number of thioether (sulfide) groups is 1. The summed E-state index contributed by atoms with van der Waals surface area (Å²) >= 11 is 1.56. The molecule has 1 unspecified atom stereocenters. The van der Waals surface area contributed by atoms with Crippen LogP contribution < -0.4 is 11.1 Å². The Bertz CT molecular complexity index is 853. The zero-order chi connectivity index (χ0) is 19.1. The molecule has 3 aliphatic rings. The molecule has 0 aromatic carbocycles. The maximum atomic E-state index is 15.2. The van der Waals surface area contributed by atoms with E-state index in [0.717, 1.165) is 25.0 Å². The maximum absolute atomic E-state index is 15.2. The van der Waals surface area contributed by atoms with Gasteiger partial charge in [0, 0.05) is 30.3 Å². The number of carbonyl (C=O) groups excluding carboxylic acids is 1. The SMILES string of the molecule is CC1([C@]23CCC[C@H]2CSC(N)=N3)CC(NC(=O)c2cccnc2)=CC=C1F. The number of aromatic nitrogens is 1. The molecule has 0 saturated heterocycles. The Morgan fingerprint density at radius 2 is 2.30 bits per heavy atom. The van der Waals surface area contributed by atoms with Crippen LogP contribution in [0.2, 0.25) is 0 Å². The highest BCUT2D eigenvalue weighted by Crippen LogP contribution is 2.59. The summed E-state index contributed by atoms with van der Waals surface area (Å²) in [7, 11) is 0. The van der Waals surface area contributed by atoms with Crippen molar-refractivity contribution >= 4 is 22.8 Å². The Morgan fingerprint density at radius 3 is 3.07 bits per heavy atom. The van der Waals surface area contributed by atoms with Crippen LogP contribution in [-0.2, 0) is 0 Å². The van der Waals surface area contributed by atoms with Crippen molar-refractivity contribution in [2.75, 3.05) is 5.75 Å². The molecule has 2 heterocycles. The van der Waals surface area contributed by atoms with E-state index >= 15 is 4.39 Å². The summed E-state index contributed by atoms with van der Waals surface area (Å²) in [6.45, 7) is 1.92. The van der Waals surface area contributed by atoms with Gasteiger partial charge in [0.05, 0.1) is 16.5 Å². The Morgan fingerprint density at radius 1 is 1.44 bits per heavy atom. The lowest BCUT2D eigenvalue weighted by Gasteiger charge is -2.49. The second-order valence-electron chi connectivity index (χ2n) is 7.69. The van der Waals surface area contributed by atoms with Gasteiger partial charge in [-0.3, -0.25) is 14.8 Å². The van der Waals surface area contributed by atoms with E-state index in [1.807, 2.05) is 6.92 Å². The first kappa shape index (κ1) is 18.2. The minimum absolute atomic E-state index is 0.183. The molecule has 1 amide bonds. The first-order valence-electron chi connectivity index (χ1n) is 9.21. The number of rotatable bonds is 3. The molecule has 5 nitrogen and oxygen atoms in total. The highest BCUT2D eigenvalue weighted by atomic mass is 32.2. The van der Waals surface area contributed by atoms with Crippen molar-refractivity contribution in [1.29, 1.82) is 0 Å². The number of fused-ring (bicyclic) bond motifs is 1. The predicted molar refractivity (Wildman–Crippen MR) is 106 cm³/mol. The standard InChI is InChI=1S/C20H23FN4OS/c1-19(20-8-2-5-14(20)12-27-18(22)25-20)10-15(6-7-16(19)21)24-17(26)13-4-3-9-23-11-13/h3-4,6-7,9,11,14H,2,5,8,10,12H2,1H3,(H2,22,25)(H,24,26)/t14-,19?,20-/m0/s1. The molecule has 2 aliphatic carbocycles. The summed E-state index contributed by atoms with van der Waals surface area (Å²) in [5.74, 6) is 0.749. The molecular formula is C20H23FN4OS. The van der Waals surface area contributed by atoms with Crippen molar-refractivity contribution in [3.8, 4) is 0 Å². The van der Waals surface area contributed by atoms with E-state index < -0.39 is 11.0 Å². The van der Waals surface area contributed by atoms with E-state index in [1.165, 1.54) is 12.3 Å². The number of allylic oxidation sites excluding steroid dienone is 3. The van der Waals surface area contributed by atoms with Crippen LogP contribution in [0.4, 0.5) is 4.39 Å². The molecular weight excluding hydrogens is 363 g/mol. The third-order valence-electron chi connectivity index (χ3n) is 6.18. The van der Waals surface area contributed by atoms with Gasteiger partial charge in [-0.05, 0) is 43.0 Å². The fourth-order valence-electron chi connectivity index (χ4n) is 4.74. The summed E-state index contributed by atoms with van der Waals surface area (Å²) in [6.07, 6.45) is 9.52. The number of aliphatic imine (C=N–C) groups is 1. The molecule has 1 fully saturated rings. The molecule has 1 aromatic heterocycles. The van der Waals surface area contributed by atoms with E-state index in [1.54, 1.807) is 36.2 Å². The van der Waals surface area contributed by atoms with Crippen molar-refractivity contribution < 1.29 is 9.18 Å². The number of hydrogen-bond donors (Lipinski definition) is 2. The monoisotopic (exact) mass is 386 g/mol. The quantitative estimate of drug-likeness (QED) is 0.832. The van der Waals surface area contributed by atoms with E-state index in [9.17, 15) is 4.79 Å². The number of nitrogens with one attached hydrogen (secondary N) is 1. The Balaban J connectivity index is 1.63. The molecule has 1 saturated carbocycles. The van der Waals surface area contributed by atoms with E-state index in [0.29, 0.717) is 28.8 Å². The average molecular weight is 386 g/mol. The Kier molecular flexibility index (Phi) is 4.58. The van der Waals surface area contributed by atoms with Gasteiger partial charge < -0.3 is 11.1 Å². The minimum Gasteiger partial charge on any atom is -0.379 e. The van der Waals surface area contributed by atoms with E-state index in [-0.39, 0.29) is 11.7 Å². The zero-order valence-electron chi connectivity index (χ0n) is 15.2. The number of amidine groups is 1. The van der Waals surface area contributed by atoms with Crippen molar-refractivity contribution in [2.45, 2.75) is 38.1 Å². The largest absolute Gasteiger partial charge is 0.379 e. The summed E-state index contributed by atoms with van der Waals surface area (Å²) < 4.78 is 15.2. The topological polar surface area (TPSA) is 80.4 Å². The summed E-state index contributed by atoms with van der Waals surface area (Å²) in [4.78, 5) is 21.3. The van der Waals surface area contributed by atoms with Crippen molar-refractivity contribution in [3.63, 3.8) is 0 Å². The van der Waals surface area contributed by atoms with Crippen LogP contribution in [0, 0.1) is 11.3 Å². The van der Waals surface area contributed by atoms with Crippen LogP contribution in [-0.4, -0.2) is 27.4 Å². The van der Waals surface area contributed by atoms with E-state index in [4.69, 9.17) is 10.7 Å². The van der Waals surface area contributed by atoms with Gasteiger partial charge in [-0.1, -0.05) is 25.1 Å². The van der Waals surface area contributed by atoms with Crippen LogP contribution in [0.15, 0.2) is 53.2 Å². The molecule has 0 bridgehead atoms. The predicted octanol–water partition coefficient (Wildman–Crippen LogP) is 3.56. The third kappa shape index (κ3) is 2.98. The van der Waals surface area contributed by atoms with Crippen molar-refractivity contribution in [2.24, 2.45) is 22.1 Å². The van der Waals surface area contributed by atoms with Gasteiger partial charge in [-0.25, -0.2) is 4.39 Å². The smallest absolute Gasteiger partial charge is 0.256 e. The van der Waals surface area contributed by atoms with Gasteiger partial charge in [-0.15, -0.1) is 0 Å². The lowest BCUT2D eigenvalue weighted by atomic mass is 9.61.